The van der Waals surface area contributed by atoms with Crippen LogP contribution >= 0.6 is 11.8 Å². The second kappa shape index (κ2) is 8.04. The first-order chi connectivity index (χ1) is 14.0. The van der Waals surface area contributed by atoms with E-state index in [1.165, 1.54) is 17.8 Å². The standard InChI is InChI=1S/C20H18FN5O2S/c1-11-9-16-12(10-13(11)21)18(27)26-20(25-16)29-8-4-7-22-19(28)17-23-14-5-2-3-6-15(14)24-17/h2-3,5-6,9-10H,4,7-8H2,1H3,(H,22,28)(H,23,24)(H,25,26,27). The fourth-order valence-electron chi connectivity index (χ4n) is 2.90. The summed E-state index contributed by atoms with van der Waals surface area (Å²) in [5, 5.41) is 3.52. The molecule has 0 radical (unpaired) electrons. The zero-order chi connectivity index (χ0) is 20.4. The Morgan fingerprint density at radius 1 is 1.17 bits per heavy atom. The van der Waals surface area contributed by atoms with Gasteiger partial charge in [0.2, 0.25) is 0 Å². The normalized spacial score (nSPS) is 11.2. The van der Waals surface area contributed by atoms with E-state index in [-0.39, 0.29) is 22.7 Å². The van der Waals surface area contributed by atoms with Crippen molar-refractivity contribution in [2.24, 2.45) is 0 Å². The van der Waals surface area contributed by atoms with Crippen molar-refractivity contribution < 1.29 is 9.18 Å². The molecule has 9 heteroatoms. The Hall–Kier alpha value is -3.20. The van der Waals surface area contributed by atoms with Crippen molar-refractivity contribution in [3.8, 4) is 0 Å². The predicted molar refractivity (Wildman–Crippen MR) is 111 cm³/mol. The van der Waals surface area contributed by atoms with Crippen molar-refractivity contribution in [1.82, 2.24) is 25.3 Å². The molecule has 0 aliphatic heterocycles. The van der Waals surface area contributed by atoms with Crippen LogP contribution in [0, 0.1) is 12.7 Å². The number of carbonyl (C=O) groups excluding carboxylic acids is 1. The number of aryl methyl sites for hydroxylation is 1. The smallest absolute Gasteiger partial charge is 0.287 e. The number of aromatic amines is 2. The van der Waals surface area contributed by atoms with Gasteiger partial charge in [0.1, 0.15) is 5.82 Å². The first kappa shape index (κ1) is 19.1. The number of rotatable bonds is 6. The number of hydrogen-bond donors (Lipinski definition) is 3. The maximum Gasteiger partial charge on any atom is 0.287 e. The maximum absolute atomic E-state index is 13.6. The molecule has 0 unspecified atom stereocenters. The number of H-pyrrole nitrogens is 2. The molecule has 0 saturated carbocycles. The average Bonchev–Trinajstić information content (AvgIpc) is 3.13. The van der Waals surface area contributed by atoms with Crippen LogP contribution in [0.25, 0.3) is 21.9 Å². The van der Waals surface area contributed by atoms with Gasteiger partial charge in [-0.1, -0.05) is 23.9 Å². The summed E-state index contributed by atoms with van der Waals surface area (Å²) in [6.07, 6.45) is 0.681. The molecule has 1 amide bonds. The topological polar surface area (TPSA) is 104 Å². The number of thioether (sulfide) groups is 1. The van der Waals surface area contributed by atoms with Gasteiger partial charge in [0.05, 0.1) is 21.9 Å². The van der Waals surface area contributed by atoms with Gasteiger partial charge in [0.25, 0.3) is 11.5 Å². The van der Waals surface area contributed by atoms with E-state index >= 15 is 0 Å². The number of halogens is 1. The molecule has 148 valence electrons. The Labute approximate surface area is 169 Å². The SMILES string of the molecule is Cc1cc2nc(SCCCNC(=O)c3nc4ccccc4[nH]3)[nH]c(=O)c2cc1F. The molecule has 0 spiro atoms. The van der Waals surface area contributed by atoms with E-state index in [9.17, 15) is 14.0 Å². The predicted octanol–water partition coefficient (Wildman–Crippen LogP) is 3.16. The fourth-order valence-corrected chi connectivity index (χ4v) is 3.71. The highest BCUT2D eigenvalue weighted by atomic mass is 32.2. The van der Waals surface area contributed by atoms with Crippen molar-refractivity contribution in [2.45, 2.75) is 18.5 Å². The molecule has 2 heterocycles. The molecular formula is C20H18FN5O2S. The maximum atomic E-state index is 13.6. The monoisotopic (exact) mass is 411 g/mol. The lowest BCUT2D eigenvalue weighted by Gasteiger charge is -2.05. The number of benzene rings is 2. The van der Waals surface area contributed by atoms with E-state index in [1.54, 1.807) is 13.0 Å². The summed E-state index contributed by atoms with van der Waals surface area (Å²) in [6, 6.07) is 10.2. The van der Waals surface area contributed by atoms with Crippen molar-refractivity contribution in [3.05, 3.63) is 64.0 Å². The minimum Gasteiger partial charge on any atom is -0.349 e. The lowest BCUT2D eigenvalue weighted by molar-refractivity contribution is 0.0944. The quantitative estimate of drug-likeness (QED) is 0.257. The first-order valence-corrected chi connectivity index (χ1v) is 10.1. The summed E-state index contributed by atoms with van der Waals surface area (Å²) >= 11 is 1.38. The molecule has 29 heavy (non-hydrogen) atoms. The lowest BCUT2D eigenvalue weighted by Crippen LogP contribution is -2.25. The molecule has 0 fully saturated rings. The number of hydrogen-bond acceptors (Lipinski definition) is 5. The molecule has 2 aromatic heterocycles. The van der Waals surface area contributed by atoms with Crippen LogP contribution in [0.5, 0.6) is 0 Å². The van der Waals surface area contributed by atoms with E-state index in [4.69, 9.17) is 0 Å². The third-order valence-electron chi connectivity index (χ3n) is 4.41. The summed E-state index contributed by atoms with van der Waals surface area (Å²) in [5.74, 6) is 0.239. The number of carbonyl (C=O) groups is 1. The summed E-state index contributed by atoms with van der Waals surface area (Å²) < 4.78 is 13.6. The van der Waals surface area contributed by atoms with E-state index in [1.807, 2.05) is 24.3 Å². The van der Waals surface area contributed by atoms with Crippen LogP contribution in [0.1, 0.15) is 22.6 Å². The summed E-state index contributed by atoms with van der Waals surface area (Å²) in [7, 11) is 0. The Kier molecular flexibility index (Phi) is 5.30. The van der Waals surface area contributed by atoms with E-state index < -0.39 is 5.82 Å². The van der Waals surface area contributed by atoms with Crippen LogP contribution in [-0.4, -0.2) is 38.1 Å². The second-order valence-corrected chi connectivity index (χ2v) is 7.63. The van der Waals surface area contributed by atoms with Gasteiger partial charge in [-0.05, 0) is 43.2 Å². The molecule has 3 N–H and O–H groups in total. The molecule has 0 atom stereocenters. The van der Waals surface area contributed by atoms with Crippen molar-refractivity contribution in [2.75, 3.05) is 12.3 Å². The largest absolute Gasteiger partial charge is 0.349 e. The lowest BCUT2D eigenvalue weighted by atomic mass is 10.1. The van der Waals surface area contributed by atoms with Gasteiger partial charge in [0.15, 0.2) is 11.0 Å². The molecule has 0 aliphatic rings. The third-order valence-corrected chi connectivity index (χ3v) is 5.37. The average molecular weight is 411 g/mol. The molecule has 2 aromatic carbocycles. The van der Waals surface area contributed by atoms with Crippen LogP contribution in [0.2, 0.25) is 0 Å². The zero-order valence-electron chi connectivity index (χ0n) is 15.6. The molecule has 7 nitrogen and oxygen atoms in total. The van der Waals surface area contributed by atoms with Crippen LogP contribution in [-0.2, 0) is 0 Å². The summed E-state index contributed by atoms with van der Waals surface area (Å²) in [4.78, 5) is 38.6. The van der Waals surface area contributed by atoms with Crippen LogP contribution in [0.4, 0.5) is 4.39 Å². The number of nitrogens with one attached hydrogen (secondary N) is 3. The Bertz CT molecular complexity index is 1230. The fraction of sp³-hybridized carbons (Fsp3) is 0.200. The van der Waals surface area contributed by atoms with Crippen LogP contribution in [0.15, 0.2) is 46.3 Å². The first-order valence-electron chi connectivity index (χ1n) is 9.07. The number of nitrogens with zero attached hydrogens (tertiary/aromatic N) is 2. The highest BCUT2D eigenvalue weighted by Crippen LogP contribution is 2.18. The molecule has 4 rings (SSSR count). The summed E-state index contributed by atoms with van der Waals surface area (Å²) in [6.45, 7) is 2.10. The number of para-hydroxylation sites is 2. The molecular weight excluding hydrogens is 393 g/mol. The van der Waals surface area contributed by atoms with Gasteiger partial charge in [-0.3, -0.25) is 9.59 Å². The second-order valence-electron chi connectivity index (χ2n) is 6.55. The van der Waals surface area contributed by atoms with Crippen LogP contribution < -0.4 is 10.9 Å². The zero-order valence-corrected chi connectivity index (χ0v) is 16.4. The molecule has 0 bridgehead atoms. The molecule has 0 aliphatic carbocycles. The minimum atomic E-state index is -0.426. The van der Waals surface area contributed by atoms with Crippen molar-refractivity contribution >= 4 is 39.6 Å². The Balaban J connectivity index is 1.32. The van der Waals surface area contributed by atoms with Crippen LogP contribution in [0.3, 0.4) is 0 Å². The van der Waals surface area contributed by atoms with Gasteiger partial charge in [-0.2, -0.15) is 0 Å². The van der Waals surface area contributed by atoms with Crippen molar-refractivity contribution in [1.29, 1.82) is 0 Å². The van der Waals surface area contributed by atoms with Gasteiger partial charge < -0.3 is 15.3 Å². The molecule has 4 aromatic rings. The Morgan fingerprint density at radius 2 is 2.00 bits per heavy atom. The number of imidazole rings is 1. The van der Waals surface area contributed by atoms with Gasteiger partial charge in [0, 0.05) is 12.3 Å². The van der Waals surface area contributed by atoms with E-state index in [0.29, 0.717) is 35.0 Å². The van der Waals surface area contributed by atoms with Gasteiger partial charge in [-0.25, -0.2) is 14.4 Å². The number of aromatic nitrogens is 4. The highest BCUT2D eigenvalue weighted by Gasteiger charge is 2.11. The van der Waals surface area contributed by atoms with Gasteiger partial charge in [-0.15, -0.1) is 0 Å². The highest BCUT2D eigenvalue weighted by molar-refractivity contribution is 7.99. The van der Waals surface area contributed by atoms with E-state index in [0.717, 1.165) is 11.0 Å². The van der Waals surface area contributed by atoms with Gasteiger partial charge >= 0.3 is 0 Å². The number of amides is 1. The summed E-state index contributed by atoms with van der Waals surface area (Å²) in [5.41, 5.74) is 2.10. The van der Waals surface area contributed by atoms with Crippen molar-refractivity contribution in [3.63, 3.8) is 0 Å². The van der Waals surface area contributed by atoms with E-state index in [2.05, 4.69) is 25.3 Å². The number of fused-ring (bicyclic) bond motifs is 2. The molecule has 0 saturated heterocycles. The Morgan fingerprint density at radius 3 is 2.83 bits per heavy atom. The minimum absolute atomic E-state index is 0.232. The third kappa shape index (κ3) is 4.14.